The summed E-state index contributed by atoms with van der Waals surface area (Å²) in [6, 6.07) is 32.3. The Morgan fingerprint density at radius 1 is 0.769 bits per heavy atom. The third-order valence-electron chi connectivity index (χ3n) is 6.63. The Bertz CT molecular complexity index is 1330. The highest BCUT2D eigenvalue weighted by atomic mass is 19.1. The van der Waals surface area contributed by atoms with Crippen LogP contribution < -0.4 is 10.1 Å². The fourth-order valence-corrected chi connectivity index (χ4v) is 4.43. The van der Waals surface area contributed by atoms with Gasteiger partial charge < -0.3 is 15.0 Å². The van der Waals surface area contributed by atoms with Gasteiger partial charge in [0.1, 0.15) is 17.6 Å². The Morgan fingerprint density at radius 3 is 1.97 bits per heavy atom. The molecule has 1 atom stereocenters. The summed E-state index contributed by atoms with van der Waals surface area (Å²) in [6.07, 6.45) is 1.17. The van der Waals surface area contributed by atoms with Crippen molar-refractivity contribution in [2.24, 2.45) is 0 Å². The van der Waals surface area contributed by atoms with Gasteiger partial charge in [-0.2, -0.15) is 0 Å². The number of ether oxygens (including phenoxy) is 1. The molecule has 4 aromatic carbocycles. The molecule has 0 aliphatic rings. The van der Waals surface area contributed by atoms with Crippen molar-refractivity contribution in [3.8, 4) is 5.75 Å². The maximum Gasteiger partial charge on any atom is 0.243 e. The molecule has 39 heavy (non-hydrogen) atoms. The normalized spacial score (nSPS) is 11.4. The van der Waals surface area contributed by atoms with Gasteiger partial charge in [-0.3, -0.25) is 9.59 Å². The van der Waals surface area contributed by atoms with Gasteiger partial charge >= 0.3 is 0 Å². The van der Waals surface area contributed by atoms with E-state index in [4.69, 9.17) is 4.74 Å². The number of benzene rings is 4. The van der Waals surface area contributed by atoms with Crippen LogP contribution in [-0.4, -0.2) is 29.9 Å². The molecule has 0 radical (unpaired) electrons. The van der Waals surface area contributed by atoms with Crippen molar-refractivity contribution < 1.29 is 18.7 Å². The molecule has 200 valence electrons. The van der Waals surface area contributed by atoms with Crippen molar-refractivity contribution >= 4 is 11.8 Å². The van der Waals surface area contributed by atoms with Crippen molar-refractivity contribution in [1.29, 1.82) is 0 Å². The van der Waals surface area contributed by atoms with Crippen LogP contribution in [0, 0.1) is 5.82 Å². The highest BCUT2D eigenvalue weighted by Crippen LogP contribution is 2.18. The number of carbonyl (C=O) groups excluding carboxylic acids is 2. The van der Waals surface area contributed by atoms with Gasteiger partial charge in [-0.15, -0.1) is 0 Å². The first kappa shape index (κ1) is 27.6. The van der Waals surface area contributed by atoms with Crippen molar-refractivity contribution in [1.82, 2.24) is 10.2 Å². The molecule has 5 nitrogen and oxygen atoms in total. The minimum absolute atomic E-state index is 0.135. The highest BCUT2D eigenvalue weighted by molar-refractivity contribution is 5.88. The zero-order chi connectivity index (χ0) is 27.5. The van der Waals surface area contributed by atoms with Crippen molar-refractivity contribution in [3.05, 3.63) is 137 Å². The summed E-state index contributed by atoms with van der Waals surface area (Å²) >= 11 is 0. The van der Waals surface area contributed by atoms with Crippen LogP contribution in [0.15, 0.2) is 109 Å². The Balaban J connectivity index is 1.59. The summed E-state index contributed by atoms with van der Waals surface area (Å²) in [4.78, 5) is 29.1. The summed E-state index contributed by atoms with van der Waals surface area (Å²) in [5.74, 6) is 0.00819. The number of hydrogen-bond donors (Lipinski definition) is 1. The maximum absolute atomic E-state index is 13.7. The smallest absolute Gasteiger partial charge is 0.243 e. The third kappa shape index (κ3) is 8.27. The summed E-state index contributed by atoms with van der Waals surface area (Å²) in [6.45, 7) is 0.512. The van der Waals surface area contributed by atoms with Gasteiger partial charge in [-0.1, -0.05) is 84.9 Å². The van der Waals surface area contributed by atoms with E-state index in [1.165, 1.54) is 12.1 Å². The lowest BCUT2D eigenvalue weighted by Crippen LogP contribution is -2.50. The van der Waals surface area contributed by atoms with Crippen molar-refractivity contribution in [2.45, 2.75) is 38.4 Å². The number of halogens is 1. The minimum atomic E-state index is -0.751. The van der Waals surface area contributed by atoms with Crippen LogP contribution in [-0.2, 0) is 35.5 Å². The van der Waals surface area contributed by atoms with E-state index in [1.54, 1.807) is 24.1 Å². The zero-order valence-electron chi connectivity index (χ0n) is 22.1. The second kappa shape index (κ2) is 13.9. The molecule has 1 N–H and O–H groups in total. The number of nitrogens with one attached hydrogen (secondary N) is 1. The Hall–Kier alpha value is -4.45. The molecule has 0 spiro atoms. The molecule has 4 rings (SSSR count). The van der Waals surface area contributed by atoms with E-state index in [2.05, 4.69) is 5.32 Å². The SMILES string of the molecule is COc1ccc(CNC(=O)[C@H](Cc2ccccc2)N(Cc2ccc(F)cc2)C(=O)CCc2ccccc2)cc1. The predicted molar refractivity (Wildman–Crippen MR) is 150 cm³/mol. The molecule has 4 aromatic rings. The van der Waals surface area contributed by atoms with Crippen LogP contribution >= 0.6 is 0 Å². The fourth-order valence-electron chi connectivity index (χ4n) is 4.43. The molecule has 0 unspecified atom stereocenters. The lowest BCUT2D eigenvalue weighted by atomic mass is 10.0. The molecule has 0 aromatic heterocycles. The third-order valence-corrected chi connectivity index (χ3v) is 6.63. The van der Waals surface area contributed by atoms with Crippen LogP contribution in [0.2, 0.25) is 0 Å². The molecular formula is C33H33FN2O3. The number of aryl methyl sites for hydroxylation is 1. The van der Waals surface area contributed by atoms with Crippen LogP contribution in [0.25, 0.3) is 0 Å². The molecule has 0 saturated heterocycles. The minimum Gasteiger partial charge on any atom is -0.497 e. The molecule has 0 aliphatic carbocycles. The van der Waals surface area contributed by atoms with E-state index in [9.17, 15) is 14.0 Å². The van der Waals surface area contributed by atoms with Gasteiger partial charge in [0.15, 0.2) is 0 Å². The summed E-state index contributed by atoms with van der Waals surface area (Å²) in [5.41, 5.74) is 3.67. The van der Waals surface area contributed by atoms with Gasteiger partial charge in [-0.05, 0) is 52.9 Å². The molecule has 0 saturated carbocycles. The standard InChI is InChI=1S/C33H33FN2O3/c1-39-30-19-14-27(15-20-30)23-35-33(38)31(22-26-10-6-3-7-11-26)36(24-28-12-17-29(34)18-13-28)32(37)21-16-25-8-4-2-5-9-25/h2-15,17-20,31H,16,21-24H2,1H3,(H,35,38)/t31-/m0/s1. The largest absolute Gasteiger partial charge is 0.497 e. The predicted octanol–water partition coefficient (Wildman–Crippen LogP) is 5.72. The number of amides is 2. The van der Waals surface area contributed by atoms with E-state index < -0.39 is 6.04 Å². The van der Waals surface area contributed by atoms with Gasteiger partial charge in [0.05, 0.1) is 7.11 Å². The topological polar surface area (TPSA) is 58.6 Å². The van der Waals surface area contributed by atoms with E-state index in [0.29, 0.717) is 19.4 Å². The second-order valence-electron chi connectivity index (χ2n) is 9.41. The molecule has 0 heterocycles. The Labute approximate surface area is 229 Å². The van der Waals surface area contributed by atoms with Crippen LogP contribution in [0.1, 0.15) is 28.7 Å². The van der Waals surface area contributed by atoms with Crippen LogP contribution in [0.3, 0.4) is 0 Å². The summed E-state index contributed by atoms with van der Waals surface area (Å²) < 4.78 is 18.8. The Kier molecular flexibility index (Phi) is 9.84. The quantitative estimate of drug-likeness (QED) is 0.258. The molecule has 6 heteroatoms. The molecule has 2 amide bonds. The maximum atomic E-state index is 13.7. The van der Waals surface area contributed by atoms with E-state index >= 15 is 0 Å². The molecule has 0 bridgehead atoms. The van der Waals surface area contributed by atoms with Gasteiger partial charge in [-0.25, -0.2) is 4.39 Å². The van der Waals surface area contributed by atoms with Crippen LogP contribution in [0.4, 0.5) is 4.39 Å². The average Bonchev–Trinajstić information content (AvgIpc) is 2.98. The number of hydrogen-bond acceptors (Lipinski definition) is 3. The number of carbonyl (C=O) groups is 2. The lowest BCUT2D eigenvalue weighted by molar-refractivity contribution is -0.141. The zero-order valence-corrected chi connectivity index (χ0v) is 22.1. The van der Waals surface area contributed by atoms with Crippen LogP contribution in [0.5, 0.6) is 5.75 Å². The first-order chi connectivity index (χ1) is 19.0. The van der Waals surface area contributed by atoms with Crippen molar-refractivity contribution in [2.75, 3.05) is 7.11 Å². The summed E-state index contributed by atoms with van der Waals surface area (Å²) in [5, 5.41) is 3.03. The fraction of sp³-hybridized carbons (Fsp3) is 0.212. The Morgan fingerprint density at radius 2 is 1.36 bits per heavy atom. The van der Waals surface area contributed by atoms with Gasteiger partial charge in [0.2, 0.25) is 11.8 Å². The molecule has 0 aliphatic heterocycles. The van der Waals surface area contributed by atoms with Gasteiger partial charge in [0, 0.05) is 25.9 Å². The molecular weight excluding hydrogens is 491 g/mol. The highest BCUT2D eigenvalue weighted by Gasteiger charge is 2.30. The number of nitrogens with zero attached hydrogens (tertiary/aromatic N) is 1. The molecule has 0 fully saturated rings. The van der Waals surface area contributed by atoms with E-state index in [1.807, 2.05) is 84.9 Å². The monoisotopic (exact) mass is 524 g/mol. The first-order valence-corrected chi connectivity index (χ1v) is 13.0. The van der Waals surface area contributed by atoms with E-state index in [0.717, 1.165) is 28.0 Å². The average molecular weight is 525 g/mol. The number of rotatable bonds is 12. The van der Waals surface area contributed by atoms with E-state index in [-0.39, 0.29) is 30.6 Å². The number of methoxy groups -OCH3 is 1. The lowest BCUT2D eigenvalue weighted by Gasteiger charge is -2.32. The second-order valence-corrected chi connectivity index (χ2v) is 9.41. The summed E-state index contributed by atoms with van der Waals surface area (Å²) in [7, 11) is 1.61. The van der Waals surface area contributed by atoms with Crippen molar-refractivity contribution in [3.63, 3.8) is 0 Å². The van der Waals surface area contributed by atoms with Gasteiger partial charge in [0.25, 0.3) is 0 Å². The first-order valence-electron chi connectivity index (χ1n) is 13.0.